The van der Waals surface area contributed by atoms with Gasteiger partial charge in [0.2, 0.25) is 11.8 Å². The molecule has 0 aliphatic heterocycles. The van der Waals surface area contributed by atoms with Gasteiger partial charge in [0.15, 0.2) is 0 Å². The van der Waals surface area contributed by atoms with Gasteiger partial charge < -0.3 is 10.5 Å². The predicted octanol–water partition coefficient (Wildman–Crippen LogP) is 2.46. The number of fused-ring (bicyclic) bond motifs is 1. The number of methoxy groups -OCH3 is 1. The maximum atomic E-state index is 11.8. The Labute approximate surface area is 139 Å². The van der Waals surface area contributed by atoms with Crippen LogP contribution in [0, 0.1) is 0 Å². The maximum Gasteiger partial charge on any atom is 0.249 e. The van der Waals surface area contributed by atoms with Crippen molar-refractivity contribution in [3.8, 4) is 5.88 Å². The van der Waals surface area contributed by atoms with Crippen LogP contribution in [0.3, 0.4) is 0 Å². The van der Waals surface area contributed by atoms with Gasteiger partial charge in [-0.2, -0.15) is 5.10 Å². The van der Waals surface area contributed by atoms with Crippen molar-refractivity contribution in [2.75, 3.05) is 7.11 Å². The Morgan fingerprint density at radius 1 is 1.29 bits per heavy atom. The highest BCUT2D eigenvalue weighted by Gasteiger charge is 2.30. The van der Waals surface area contributed by atoms with Gasteiger partial charge in [0.1, 0.15) is 0 Å². The molecule has 2 aromatic heterocycles. The molecule has 1 aliphatic rings. The molecule has 1 aliphatic carbocycles. The Morgan fingerprint density at radius 2 is 2.08 bits per heavy atom. The van der Waals surface area contributed by atoms with Gasteiger partial charge in [-0.1, -0.05) is 12.1 Å². The SMILES string of the molecule is COc1cccc(Cn2nc(C3CC3)c3c(C(N)=O)cccc32)n1. The second-order valence-electron chi connectivity index (χ2n) is 6.05. The first-order valence-corrected chi connectivity index (χ1v) is 7.96. The molecule has 2 heterocycles. The summed E-state index contributed by atoms with van der Waals surface area (Å²) in [5.41, 5.74) is 8.85. The van der Waals surface area contributed by atoms with Crippen LogP contribution in [-0.4, -0.2) is 27.8 Å². The summed E-state index contributed by atoms with van der Waals surface area (Å²) in [6, 6.07) is 11.2. The summed E-state index contributed by atoms with van der Waals surface area (Å²) in [4.78, 5) is 16.3. The number of aromatic nitrogens is 3. The maximum absolute atomic E-state index is 11.8. The molecule has 0 radical (unpaired) electrons. The van der Waals surface area contributed by atoms with Crippen LogP contribution in [-0.2, 0) is 6.54 Å². The fourth-order valence-corrected chi connectivity index (χ4v) is 3.04. The summed E-state index contributed by atoms with van der Waals surface area (Å²) in [6.07, 6.45) is 2.22. The lowest BCUT2D eigenvalue weighted by Crippen LogP contribution is -2.11. The molecule has 0 saturated heterocycles. The van der Waals surface area contributed by atoms with Crippen molar-refractivity contribution in [1.82, 2.24) is 14.8 Å². The number of hydrogen-bond donors (Lipinski definition) is 1. The summed E-state index contributed by atoms with van der Waals surface area (Å²) >= 11 is 0. The number of ether oxygens (including phenoxy) is 1. The average Bonchev–Trinajstić information content (AvgIpc) is 3.38. The van der Waals surface area contributed by atoms with Crippen LogP contribution in [0.2, 0.25) is 0 Å². The molecule has 1 amide bonds. The molecular formula is C18H18N4O2. The smallest absolute Gasteiger partial charge is 0.249 e. The molecule has 3 aromatic rings. The van der Waals surface area contributed by atoms with E-state index in [1.54, 1.807) is 13.2 Å². The Morgan fingerprint density at radius 3 is 2.79 bits per heavy atom. The number of carbonyl (C=O) groups excluding carboxylic acids is 1. The highest BCUT2D eigenvalue weighted by molar-refractivity contribution is 6.06. The average molecular weight is 322 g/mol. The van der Waals surface area contributed by atoms with Gasteiger partial charge >= 0.3 is 0 Å². The minimum atomic E-state index is -0.415. The number of carbonyl (C=O) groups is 1. The van der Waals surface area contributed by atoms with E-state index in [1.165, 1.54) is 0 Å². The fraction of sp³-hybridized carbons (Fsp3) is 0.278. The van der Waals surface area contributed by atoms with Crippen LogP contribution in [0.25, 0.3) is 10.9 Å². The Kier molecular flexibility index (Phi) is 3.45. The van der Waals surface area contributed by atoms with Gasteiger partial charge in [-0.3, -0.25) is 9.48 Å². The molecule has 1 saturated carbocycles. The third-order valence-electron chi connectivity index (χ3n) is 4.34. The van der Waals surface area contributed by atoms with Crippen LogP contribution < -0.4 is 10.5 Å². The lowest BCUT2D eigenvalue weighted by Gasteiger charge is -2.05. The molecule has 2 N–H and O–H groups in total. The van der Waals surface area contributed by atoms with Gasteiger partial charge in [-0.05, 0) is 31.0 Å². The molecular weight excluding hydrogens is 304 g/mol. The summed E-state index contributed by atoms with van der Waals surface area (Å²) in [6.45, 7) is 0.517. The van der Waals surface area contributed by atoms with Gasteiger partial charge in [-0.15, -0.1) is 0 Å². The lowest BCUT2D eigenvalue weighted by molar-refractivity contribution is 0.100. The van der Waals surface area contributed by atoms with Crippen molar-refractivity contribution in [2.24, 2.45) is 5.73 Å². The van der Waals surface area contributed by atoms with Gasteiger partial charge in [-0.25, -0.2) is 4.98 Å². The van der Waals surface area contributed by atoms with Gasteiger partial charge in [0, 0.05) is 17.4 Å². The fourth-order valence-electron chi connectivity index (χ4n) is 3.04. The van der Waals surface area contributed by atoms with Crippen molar-refractivity contribution < 1.29 is 9.53 Å². The van der Waals surface area contributed by atoms with Crippen LogP contribution in [0.15, 0.2) is 36.4 Å². The monoisotopic (exact) mass is 322 g/mol. The standard InChI is InChI=1S/C18H18N4O2/c1-24-15-7-2-4-12(20-15)10-22-14-6-3-5-13(18(19)23)16(14)17(21-22)11-8-9-11/h2-7,11H,8-10H2,1H3,(H2,19,23). The second-order valence-corrected chi connectivity index (χ2v) is 6.05. The van der Waals surface area contributed by atoms with Gasteiger partial charge in [0.25, 0.3) is 0 Å². The van der Waals surface area contributed by atoms with Gasteiger partial charge in [0.05, 0.1) is 36.1 Å². The van der Waals surface area contributed by atoms with Crippen LogP contribution in [0.5, 0.6) is 5.88 Å². The molecule has 1 fully saturated rings. The molecule has 6 heteroatoms. The molecule has 122 valence electrons. The van der Waals surface area contributed by atoms with Crippen molar-refractivity contribution in [2.45, 2.75) is 25.3 Å². The zero-order valence-electron chi connectivity index (χ0n) is 13.4. The normalized spacial score (nSPS) is 14.0. The van der Waals surface area contributed by atoms with E-state index in [0.29, 0.717) is 23.9 Å². The van der Waals surface area contributed by atoms with Crippen molar-refractivity contribution in [1.29, 1.82) is 0 Å². The first kappa shape index (κ1) is 14.7. The third kappa shape index (κ3) is 2.50. The number of rotatable bonds is 5. The molecule has 0 atom stereocenters. The quantitative estimate of drug-likeness (QED) is 0.782. The number of nitrogens with zero attached hydrogens (tertiary/aromatic N) is 3. The number of pyridine rings is 1. The van der Waals surface area contributed by atoms with Crippen LogP contribution in [0.1, 0.15) is 40.5 Å². The van der Waals surface area contributed by atoms with E-state index in [1.807, 2.05) is 35.0 Å². The summed E-state index contributed by atoms with van der Waals surface area (Å²) in [5.74, 6) is 0.582. The van der Waals surface area contributed by atoms with E-state index in [-0.39, 0.29) is 0 Å². The summed E-state index contributed by atoms with van der Waals surface area (Å²) < 4.78 is 7.08. The number of nitrogens with two attached hydrogens (primary N) is 1. The minimum Gasteiger partial charge on any atom is -0.481 e. The van der Waals surface area contributed by atoms with Crippen molar-refractivity contribution in [3.63, 3.8) is 0 Å². The van der Waals surface area contributed by atoms with Crippen molar-refractivity contribution in [3.05, 3.63) is 53.3 Å². The van der Waals surface area contributed by atoms with E-state index in [2.05, 4.69) is 4.98 Å². The molecule has 4 rings (SSSR count). The number of benzene rings is 1. The lowest BCUT2D eigenvalue weighted by atomic mass is 10.1. The zero-order chi connectivity index (χ0) is 16.7. The van der Waals surface area contributed by atoms with E-state index in [4.69, 9.17) is 15.6 Å². The Balaban J connectivity index is 1.83. The molecule has 1 aromatic carbocycles. The first-order chi connectivity index (χ1) is 11.7. The van der Waals surface area contributed by atoms with Crippen LogP contribution >= 0.6 is 0 Å². The minimum absolute atomic E-state index is 0.415. The largest absolute Gasteiger partial charge is 0.481 e. The summed E-state index contributed by atoms with van der Waals surface area (Å²) in [7, 11) is 1.60. The Hall–Kier alpha value is -2.89. The topological polar surface area (TPSA) is 83.0 Å². The molecule has 0 bridgehead atoms. The first-order valence-electron chi connectivity index (χ1n) is 7.96. The zero-order valence-corrected chi connectivity index (χ0v) is 13.4. The Bertz CT molecular complexity index is 928. The van der Waals surface area contributed by atoms with E-state index >= 15 is 0 Å². The second kappa shape index (κ2) is 5.63. The van der Waals surface area contributed by atoms with E-state index in [9.17, 15) is 4.79 Å². The highest BCUT2D eigenvalue weighted by atomic mass is 16.5. The molecule has 0 spiro atoms. The third-order valence-corrected chi connectivity index (χ3v) is 4.34. The predicted molar refractivity (Wildman–Crippen MR) is 90.1 cm³/mol. The van der Waals surface area contributed by atoms with E-state index in [0.717, 1.165) is 35.1 Å². The highest BCUT2D eigenvalue weighted by Crippen LogP contribution is 2.43. The molecule has 0 unspecified atom stereocenters. The number of primary amides is 1. The van der Waals surface area contributed by atoms with E-state index < -0.39 is 5.91 Å². The van der Waals surface area contributed by atoms with Crippen LogP contribution in [0.4, 0.5) is 0 Å². The summed E-state index contributed by atoms with van der Waals surface area (Å²) in [5, 5.41) is 5.66. The number of amides is 1. The molecule has 24 heavy (non-hydrogen) atoms. The molecule has 6 nitrogen and oxygen atoms in total. The van der Waals surface area contributed by atoms with Crippen molar-refractivity contribution >= 4 is 16.8 Å². The number of hydrogen-bond acceptors (Lipinski definition) is 4.